The van der Waals surface area contributed by atoms with Crippen molar-refractivity contribution < 1.29 is 23.8 Å². The molecule has 0 unspecified atom stereocenters. The summed E-state index contributed by atoms with van der Waals surface area (Å²) in [6, 6.07) is 13.4. The van der Waals surface area contributed by atoms with Crippen LogP contribution >= 0.6 is 0 Å². The smallest absolute Gasteiger partial charge is 0.494 e. The van der Waals surface area contributed by atoms with Crippen LogP contribution in [0, 0.1) is 0 Å². The summed E-state index contributed by atoms with van der Waals surface area (Å²) in [6.45, 7) is 7.96. The van der Waals surface area contributed by atoms with Gasteiger partial charge in [0.15, 0.2) is 5.78 Å². The second-order valence-corrected chi connectivity index (χ2v) is 6.79. The van der Waals surface area contributed by atoms with E-state index in [2.05, 4.69) is 0 Å². The first-order valence-electron chi connectivity index (χ1n) is 8.57. The molecule has 0 radical (unpaired) electrons. The summed E-state index contributed by atoms with van der Waals surface area (Å²) >= 11 is 0. The first-order valence-corrected chi connectivity index (χ1v) is 8.57. The van der Waals surface area contributed by atoms with E-state index < -0.39 is 11.8 Å². The van der Waals surface area contributed by atoms with Gasteiger partial charge in [0, 0.05) is 11.1 Å². The number of rotatable bonds is 6. The number of ketones is 1. The second-order valence-electron chi connectivity index (χ2n) is 6.79. The van der Waals surface area contributed by atoms with E-state index in [1.807, 2.05) is 6.92 Å². The molecular weight excluding hydrogens is 332 g/mol. The van der Waals surface area contributed by atoms with Crippen molar-refractivity contribution in [3.63, 3.8) is 0 Å². The van der Waals surface area contributed by atoms with Crippen LogP contribution in [0.15, 0.2) is 48.5 Å². The molecule has 0 fully saturated rings. The maximum atomic E-state index is 12.5. The van der Waals surface area contributed by atoms with Crippen LogP contribution in [-0.4, -0.2) is 24.1 Å². The van der Waals surface area contributed by atoms with E-state index in [0.717, 1.165) is 12.2 Å². The Morgan fingerprint density at radius 1 is 0.846 bits per heavy atom. The molecule has 0 aliphatic rings. The Bertz CT molecular complexity index is 739. The molecule has 0 atom stereocenters. The van der Waals surface area contributed by atoms with Crippen molar-refractivity contribution in [2.75, 3.05) is 6.61 Å². The van der Waals surface area contributed by atoms with Crippen molar-refractivity contribution in [2.24, 2.45) is 0 Å². The lowest BCUT2D eigenvalue weighted by Gasteiger charge is -2.18. The van der Waals surface area contributed by atoms with Crippen LogP contribution in [0.5, 0.6) is 11.5 Å². The Kier molecular flexibility index (Phi) is 6.39. The van der Waals surface area contributed by atoms with Gasteiger partial charge in [0.25, 0.3) is 0 Å². The molecular formula is C21H24O5. The monoisotopic (exact) mass is 356 g/mol. The van der Waals surface area contributed by atoms with Crippen LogP contribution in [0.25, 0.3) is 0 Å². The Balaban J connectivity index is 2.01. The van der Waals surface area contributed by atoms with E-state index in [1.165, 1.54) is 0 Å². The zero-order valence-corrected chi connectivity index (χ0v) is 15.6. The Hall–Kier alpha value is -2.82. The minimum absolute atomic E-state index is 0.115. The summed E-state index contributed by atoms with van der Waals surface area (Å²) in [4.78, 5) is 24.2. The summed E-state index contributed by atoms with van der Waals surface area (Å²) in [7, 11) is 0. The van der Waals surface area contributed by atoms with E-state index in [4.69, 9.17) is 14.2 Å². The van der Waals surface area contributed by atoms with Gasteiger partial charge in [-0.2, -0.15) is 0 Å². The van der Waals surface area contributed by atoms with Crippen molar-refractivity contribution in [3.05, 3.63) is 59.7 Å². The van der Waals surface area contributed by atoms with Gasteiger partial charge < -0.3 is 14.2 Å². The Morgan fingerprint density at radius 3 is 1.81 bits per heavy atom. The quantitative estimate of drug-likeness (QED) is 0.413. The second kappa shape index (κ2) is 8.52. The largest absolute Gasteiger partial charge is 0.514 e. The van der Waals surface area contributed by atoms with E-state index in [9.17, 15) is 9.59 Å². The summed E-state index contributed by atoms with van der Waals surface area (Å²) < 4.78 is 15.7. The van der Waals surface area contributed by atoms with Crippen LogP contribution < -0.4 is 9.47 Å². The fourth-order valence-electron chi connectivity index (χ4n) is 2.13. The molecule has 0 aliphatic carbocycles. The lowest BCUT2D eigenvalue weighted by atomic mass is 10.0. The molecule has 5 nitrogen and oxygen atoms in total. The van der Waals surface area contributed by atoms with Crippen molar-refractivity contribution in [3.8, 4) is 11.5 Å². The van der Waals surface area contributed by atoms with Gasteiger partial charge in [-0.3, -0.25) is 4.79 Å². The van der Waals surface area contributed by atoms with Crippen LogP contribution in [0.4, 0.5) is 4.79 Å². The number of ether oxygens (including phenoxy) is 3. The first kappa shape index (κ1) is 19.5. The van der Waals surface area contributed by atoms with E-state index >= 15 is 0 Å². The van der Waals surface area contributed by atoms with Gasteiger partial charge >= 0.3 is 6.16 Å². The van der Waals surface area contributed by atoms with Gasteiger partial charge in [-0.05, 0) is 75.7 Å². The molecule has 2 rings (SSSR count). The van der Waals surface area contributed by atoms with Crippen LogP contribution in [0.2, 0.25) is 0 Å². The SMILES string of the molecule is CCCOc1ccc(C(=O)c2ccc(OC(=O)OC(C)(C)C)cc2)cc1. The van der Waals surface area contributed by atoms with Crippen molar-refractivity contribution in [1.82, 2.24) is 0 Å². The zero-order chi connectivity index (χ0) is 19.2. The Morgan fingerprint density at radius 2 is 1.35 bits per heavy atom. The number of benzene rings is 2. The summed E-state index contributed by atoms with van der Waals surface area (Å²) in [5.74, 6) is 0.944. The van der Waals surface area contributed by atoms with Crippen molar-refractivity contribution in [1.29, 1.82) is 0 Å². The highest BCUT2D eigenvalue weighted by Crippen LogP contribution is 2.19. The lowest BCUT2D eigenvalue weighted by Crippen LogP contribution is -2.25. The van der Waals surface area contributed by atoms with E-state index in [-0.39, 0.29) is 5.78 Å². The molecule has 0 N–H and O–H groups in total. The van der Waals surface area contributed by atoms with Gasteiger partial charge in [-0.25, -0.2) is 4.79 Å². The molecule has 0 heterocycles. The summed E-state index contributed by atoms with van der Waals surface area (Å²) in [5.41, 5.74) is 0.443. The predicted molar refractivity (Wildman–Crippen MR) is 99.0 cm³/mol. The highest BCUT2D eigenvalue weighted by atomic mass is 16.7. The highest BCUT2D eigenvalue weighted by molar-refractivity contribution is 6.09. The van der Waals surface area contributed by atoms with E-state index in [0.29, 0.717) is 23.5 Å². The molecule has 0 saturated heterocycles. The number of carbonyl (C=O) groups is 2. The van der Waals surface area contributed by atoms with Crippen molar-refractivity contribution >= 4 is 11.9 Å². The molecule has 2 aromatic rings. The average molecular weight is 356 g/mol. The molecule has 0 bridgehead atoms. The number of hydrogen-bond acceptors (Lipinski definition) is 5. The third kappa shape index (κ3) is 5.92. The fourth-order valence-corrected chi connectivity index (χ4v) is 2.13. The minimum atomic E-state index is -0.778. The molecule has 26 heavy (non-hydrogen) atoms. The van der Waals surface area contributed by atoms with Gasteiger partial charge in [0.05, 0.1) is 6.61 Å². The summed E-state index contributed by atoms with van der Waals surface area (Å²) in [5, 5.41) is 0. The van der Waals surface area contributed by atoms with Gasteiger partial charge in [-0.15, -0.1) is 0 Å². The van der Waals surface area contributed by atoms with Crippen LogP contribution in [0.1, 0.15) is 50.0 Å². The molecule has 0 amide bonds. The average Bonchev–Trinajstić information content (AvgIpc) is 2.59. The molecule has 0 saturated carbocycles. The summed E-state index contributed by atoms with van der Waals surface area (Å²) in [6.07, 6.45) is 0.150. The third-order valence-corrected chi connectivity index (χ3v) is 3.30. The number of hydrogen-bond donors (Lipinski definition) is 0. The highest BCUT2D eigenvalue weighted by Gasteiger charge is 2.18. The molecule has 0 aromatic heterocycles. The molecule has 138 valence electrons. The number of carbonyl (C=O) groups excluding carboxylic acids is 2. The fraction of sp³-hybridized carbons (Fsp3) is 0.333. The van der Waals surface area contributed by atoms with Crippen LogP contribution in [0.3, 0.4) is 0 Å². The minimum Gasteiger partial charge on any atom is -0.494 e. The van der Waals surface area contributed by atoms with E-state index in [1.54, 1.807) is 69.3 Å². The van der Waals surface area contributed by atoms with Gasteiger partial charge in [-0.1, -0.05) is 6.92 Å². The predicted octanol–water partition coefficient (Wildman–Crippen LogP) is 5.02. The van der Waals surface area contributed by atoms with Gasteiger partial charge in [0.1, 0.15) is 17.1 Å². The van der Waals surface area contributed by atoms with Crippen molar-refractivity contribution in [2.45, 2.75) is 39.7 Å². The zero-order valence-electron chi connectivity index (χ0n) is 15.6. The standard InChI is InChI=1S/C21H24O5/c1-5-14-24-17-10-6-15(7-11-17)19(22)16-8-12-18(13-9-16)25-20(23)26-21(2,3)4/h6-13H,5,14H2,1-4H3. The molecule has 0 aliphatic heterocycles. The first-order chi connectivity index (χ1) is 12.3. The van der Waals surface area contributed by atoms with Gasteiger partial charge in [0.2, 0.25) is 0 Å². The maximum absolute atomic E-state index is 12.5. The molecule has 0 spiro atoms. The normalized spacial score (nSPS) is 10.9. The molecule has 5 heteroatoms. The topological polar surface area (TPSA) is 61.8 Å². The van der Waals surface area contributed by atoms with Crippen LogP contribution in [-0.2, 0) is 4.74 Å². The molecule has 2 aromatic carbocycles. The maximum Gasteiger partial charge on any atom is 0.514 e. The lowest BCUT2D eigenvalue weighted by molar-refractivity contribution is 0.0206. The Labute approximate surface area is 153 Å². The third-order valence-electron chi connectivity index (χ3n) is 3.30.